The van der Waals surface area contributed by atoms with Crippen LogP contribution < -0.4 is 0 Å². The second-order valence-electron chi connectivity index (χ2n) is 5.33. The lowest BCUT2D eigenvalue weighted by atomic mass is 10.3. The first-order valence-corrected chi connectivity index (χ1v) is 9.68. The monoisotopic (exact) mass is 372 g/mol. The van der Waals surface area contributed by atoms with Gasteiger partial charge in [-0.3, -0.25) is 4.79 Å². The van der Waals surface area contributed by atoms with Crippen molar-refractivity contribution < 1.29 is 18.3 Å². The van der Waals surface area contributed by atoms with Crippen LogP contribution >= 0.6 is 11.3 Å². The SMILES string of the molecule is CCn1cc(S(=O)(=O)N(Cc2csc(C)n2)[C@H](C)C(=O)O)nc1C. The number of aromatic nitrogens is 3. The fourth-order valence-corrected chi connectivity index (χ4v) is 4.40. The summed E-state index contributed by atoms with van der Waals surface area (Å²) in [5, 5.41) is 11.7. The van der Waals surface area contributed by atoms with E-state index in [1.54, 1.807) is 23.8 Å². The number of carboxylic acids is 1. The summed E-state index contributed by atoms with van der Waals surface area (Å²) in [7, 11) is -4.06. The van der Waals surface area contributed by atoms with Gasteiger partial charge in [0.05, 0.1) is 17.2 Å². The van der Waals surface area contributed by atoms with Crippen LogP contribution in [0, 0.1) is 13.8 Å². The molecular formula is C14H20N4O4S2. The number of hydrogen-bond acceptors (Lipinski definition) is 6. The Labute approximate surface area is 144 Å². The molecule has 2 aromatic rings. The van der Waals surface area contributed by atoms with E-state index >= 15 is 0 Å². The van der Waals surface area contributed by atoms with Crippen LogP contribution in [-0.2, 0) is 27.9 Å². The number of sulfonamides is 1. The summed E-state index contributed by atoms with van der Waals surface area (Å²) in [5.41, 5.74) is 0.515. The van der Waals surface area contributed by atoms with Gasteiger partial charge in [-0.05, 0) is 27.7 Å². The molecular weight excluding hydrogens is 352 g/mol. The van der Waals surface area contributed by atoms with E-state index in [1.807, 2.05) is 6.92 Å². The van der Waals surface area contributed by atoms with Crippen molar-refractivity contribution in [2.45, 2.75) is 51.9 Å². The van der Waals surface area contributed by atoms with Crippen LogP contribution in [0.15, 0.2) is 16.6 Å². The second kappa shape index (κ2) is 6.99. The van der Waals surface area contributed by atoms with Crippen LogP contribution in [0.3, 0.4) is 0 Å². The average Bonchev–Trinajstić information content (AvgIpc) is 3.09. The molecule has 10 heteroatoms. The fourth-order valence-electron chi connectivity index (χ4n) is 2.24. The molecule has 0 saturated heterocycles. The number of nitrogens with zero attached hydrogens (tertiary/aromatic N) is 4. The van der Waals surface area contributed by atoms with Crippen molar-refractivity contribution in [3.63, 3.8) is 0 Å². The number of aliphatic carboxylic acids is 1. The highest BCUT2D eigenvalue weighted by Crippen LogP contribution is 2.22. The van der Waals surface area contributed by atoms with Crippen LogP contribution in [0.2, 0.25) is 0 Å². The molecule has 0 aliphatic rings. The molecule has 8 nitrogen and oxygen atoms in total. The quantitative estimate of drug-likeness (QED) is 0.792. The summed E-state index contributed by atoms with van der Waals surface area (Å²) in [4.78, 5) is 19.7. The van der Waals surface area contributed by atoms with Gasteiger partial charge >= 0.3 is 5.97 Å². The molecule has 1 N–H and O–H groups in total. The third-order valence-corrected chi connectivity index (χ3v) is 6.25. The number of thiazole rings is 1. The molecule has 2 aromatic heterocycles. The Hall–Kier alpha value is -1.78. The first kappa shape index (κ1) is 18.6. The minimum absolute atomic E-state index is 0.113. The lowest BCUT2D eigenvalue weighted by Crippen LogP contribution is -2.42. The van der Waals surface area contributed by atoms with Crippen molar-refractivity contribution in [3.05, 3.63) is 28.1 Å². The zero-order valence-electron chi connectivity index (χ0n) is 13.9. The molecule has 0 aliphatic heterocycles. The van der Waals surface area contributed by atoms with Gasteiger partial charge in [-0.2, -0.15) is 4.31 Å². The van der Waals surface area contributed by atoms with Crippen LogP contribution in [0.1, 0.15) is 30.4 Å². The third kappa shape index (κ3) is 3.65. The summed E-state index contributed by atoms with van der Waals surface area (Å²) in [5.74, 6) is -0.666. The first-order chi connectivity index (χ1) is 11.2. The molecule has 0 fully saturated rings. The van der Waals surface area contributed by atoms with E-state index in [9.17, 15) is 18.3 Å². The van der Waals surface area contributed by atoms with Gasteiger partial charge in [0, 0.05) is 18.1 Å². The Morgan fingerprint density at radius 1 is 1.42 bits per heavy atom. The Kier molecular flexibility index (Phi) is 5.41. The Bertz CT molecular complexity index is 841. The van der Waals surface area contributed by atoms with Gasteiger partial charge in [0.25, 0.3) is 10.0 Å². The number of carboxylic acid groups (broad SMARTS) is 1. The Morgan fingerprint density at radius 2 is 2.08 bits per heavy atom. The maximum absolute atomic E-state index is 12.9. The highest BCUT2D eigenvalue weighted by Gasteiger charge is 2.35. The highest BCUT2D eigenvalue weighted by molar-refractivity contribution is 7.89. The van der Waals surface area contributed by atoms with E-state index in [-0.39, 0.29) is 11.6 Å². The first-order valence-electron chi connectivity index (χ1n) is 7.36. The van der Waals surface area contributed by atoms with Gasteiger partial charge < -0.3 is 9.67 Å². The maximum Gasteiger partial charge on any atom is 0.321 e. The van der Waals surface area contributed by atoms with E-state index in [1.165, 1.54) is 24.5 Å². The molecule has 0 bridgehead atoms. The van der Waals surface area contributed by atoms with Crippen molar-refractivity contribution in [2.24, 2.45) is 0 Å². The van der Waals surface area contributed by atoms with E-state index in [2.05, 4.69) is 9.97 Å². The number of aryl methyl sites for hydroxylation is 3. The Morgan fingerprint density at radius 3 is 2.54 bits per heavy atom. The molecule has 132 valence electrons. The van der Waals surface area contributed by atoms with E-state index < -0.39 is 22.0 Å². The summed E-state index contributed by atoms with van der Waals surface area (Å²) in [6.45, 7) is 7.19. The molecule has 0 aromatic carbocycles. The molecule has 0 radical (unpaired) electrons. The van der Waals surface area contributed by atoms with Crippen molar-refractivity contribution in [3.8, 4) is 0 Å². The molecule has 0 aliphatic carbocycles. The van der Waals surface area contributed by atoms with Crippen molar-refractivity contribution in [2.75, 3.05) is 0 Å². The van der Waals surface area contributed by atoms with Crippen molar-refractivity contribution in [1.29, 1.82) is 0 Å². The zero-order chi connectivity index (χ0) is 18.1. The van der Waals surface area contributed by atoms with E-state index in [0.29, 0.717) is 18.1 Å². The average molecular weight is 372 g/mol. The maximum atomic E-state index is 12.9. The molecule has 0 saturated carbocycles. The Balaban J connectivity index is 2.45. The highest BCUT2D eigenvalue weighted by atomic mass is 32.2. The molecule has 2 heterocycles. The van der Waals surface area contributed by atoms with Gasteiger partial charge in [-0.15, -0.1) is 11.3 Å². The zero-order valence-corrected chi connectivity index (χ0v) is 15.6. The second-order valence-corrected chi connectivity index (χ2v) is 8.23. The number of rotatable bonds is 7. The van der Waals surface area contributed by atoms with Crippen molar-refractivity contribution in [1.82, 2.24) is 18.8 Å². The largest absolute Gasteiger partial charge is 0.480 e. The number of hydrogen-bond donors (Lipinski definition) is 1. The lowest BCUT2D eigenvalue weighted by Gasteiger charge is -2.23. The van der Waals surface area contributed by atoms with Gasteiger partial charge in [-0.25, -0.2) is 18.4 Å². The molecule has 24 heavy (non-hydrogen) atoms. The van der Waals surface area contributed by atoms with Crippen LogP contribution in [0.5, 0.6) is 0 Å². The normalized spacial score (nSPS) is 13.4. The molecule has 2 rings (SSSR count). The molecule has 0 amide bonds. The fraction of sp³-hybridized carbons (Fsp3) is 0.500. The standard InChI is InChI=1S/C14H20N4O4S2/c1-5-17-7-13(15-10(17)3)24(21,22)18(9(2)14(19)20)6-12-8-23-11(4)16-12/h7-9H,5-6H2,1-4H3,(H,19,20)/t9-/m1/s1. The molecule has 0 spiro atoms. The predicted molar refractivity (Wildman–Crippen MR) is 89.3 cm³/mol. The number of imidazole rings is 1. The minimum atomic E-state index is -4.06. The smallest absolute Gasteiger partial charge is 0.321 e. The van der Waals surface area contributed by atoms with E-state index in [0.717, 1.165) is 9.31 Å². The predicted octanol–water partition coefficient (Wildman–Crippen LogP) is 1.64. The van der Waals surface area contributed by atoms with Crippen molar-refractivity contribution >= 4 is 27.3 Å². The van der Waals surface area contributed by atoms with Gasteiger partial charge in [-0.1, -0.05) is 0 Å². The summed E-state index contributed by atoms with van der Waals surface area (Å²) >= 11 is 1.38. The summed E-state index contributed by atoms with van der Waals surface area (Å²) in [6, 6.07) is -1.23. The number of carbonyl (C=O) groups is 1. The summed E-state index contributed by atoms with van der Waals surface area (Å²) in [6.07, 6.45) is 1.43. The van der Waals surface area contributed by atoms with E-state index in [4.69, 9.17) is 0 Å². The topological polar surface area (TPSA) is 105 Å². The lowest BCUT2D eigenvalue weighted by molar-refractivity contribution is -0.141. The van der Waals surface area contributed by atoms with Gasteiger partial charge in [0.2, 0.25) is 0 Å². The van der Waals surface area contributed by atoms with Crippen LogP contribution in [0.25, 0.3) is 0 Å². The molecule has 1 atom stereocenters. The molecule has 0 unspecified atom stereocenters. The van der Waals surface area contributed by atoms with Crippen LogP contribution in [0.4, 0.5) is 0 Å². The van der Waals surface area contributed by atoms with Gasteiger partial charge in [0.1, 0.15) is 11.9 Å². The third-order valence-electron chi connectivity index (χ3n) is 3.64. The minimum Gasteiger partial charge on any atom is -0.480 e. The van der Waals surface area contributed by atoms with Crippen LogP contribution in [-0.4, -0.2) is 44.4 Å². The summed E-state index contributed by atoms with van der Waals surface area (Å²) < 4.78 is 28.5. The van der Waals surface area contributed by atoms with Gasteiger partial charge in [0.15, 0.2) is 5.03 Å².